The second-order valence-corrected chi connectivity index (χ2v) is 7.62. The molecule has 2 unspecified atom stereocenters. The summed E-state index contributed by atoms with van der Waals surface area (Å²) in [6.45, 7) is 0. The first kappa shape index (κ1) is 12.3. The molecule has 3 aliphatic rings. The van der Waals surface area contributed by atoms with Gasteiger partial charge in [-0.1, -0.05) is 0 Å². The highest BCUT2D eigenvalue weighted by Gasteiger charge is 2.48. The number of nitrogens with zero attached hydrogens (tertiary/aromatic N) is 2. The first-order valence-electron chi connectivity index (χ1n) is 7.62. The molecule has 104 valence electrons. The fourth-order valence-corrected chi connectivity index (χ4v) is 5.72. The predicted octanol–water partition coefficient (Wildman–Crippen LogP) is 2.30. The molecular formula is C15H23N3S. The van der Waals surface area contributed by atoms with Gasteiger partial charge in [0.25, 0.3) is 0 Å². The summed E-state index contributed by atoms with van der Waals surface area (Å²) >= 11 is 1.99. The third-order valence-corrected chi connectivity index (χ3v) is 7.00. The van der Waals surface area contributed by atoms with E-state index in [-0.39, 0.29) is 5.54 Å². The molecule has 1 N–H and O–H groups in total. The van der Waals surface area contributed by atoms with E-state index >= 15 is 0 Å². The van der Waals surface area contributed by atoms with E-state index in [1.807, 2.05) is 11.3 Å². The van der Waals surface area contributed by atoms with Gasteiger partial charge in [0.05, 0.1) is 11.2 Å². The first-order valence-corrected chi connectivity index (χ1v) is 8.43. The summed E-state index contributed by atoms with van der Waals surface area (Å²) in [5.41, 5.74) is 1.56. The SMILES string of the molecule is CNC1(c2nc3c(s2)CCC3)CC2CCC(C1)N2C. The molecular weight excluding hydrogens is 254 g/mol. The zero-order valence-electron chi connectivity index (χ0n) is 11.9. The van der Waals surface area contributed by atoms with Gasteiger partial charge in [-0.2, -0.15) is 0 Å². The van der Waals surface area contributed by atoms with Gasteiger partial charge in [-0.15, -0.1) is 11.3 Å². The van der Waals surface area contributed by atoms with Gasteiger partial charge in [0.2, 0.25) is 0 Å². The summed E-state index contributed by atoms with van der Waals surface area (Å²) in [7, 11) is 4.45. The lowest BCUT2D eigenvalue weighted by molar-refractivity contribution is 0.0937. The van der Waals surface area contributed by atoms with Crippen molar-refractivity contribution in [1.29, 1.82) is 0 Å². The Labute approximate surface area is 119 Å². The highest BCUT2D eigenvalue weighted by Crippen LogP contribution is 2.46. The van der Waals surface area contributed by atoms with Crippen molar-refractivity contribution in [2.45, 2.75) is 62.6 Å². The fourth-order valence-electron chi connectivity index (χ4n) is 4.35. The van der Waals surface area contributed by atoms with Crippen molar-refractivity contribution in [2.24, 2.45) is 0 Å². The van der Waals surface area contributed by atoms with Crippen molar-refractivity contribution in [2.75, 3.05) is 14.1 Å². The van der Waals surface area contributed by atoms with Gasteiger partial charge in [0, 0.05) is 17.0 Å². The molecule has 2 saturated heterocycles. The summed E-state index contributed by atoms with van der Waals surface area (Å²) in [6.07, 6.45) is 9.00. The van der Waals surface area contributed by atoms with Crippen molar-refractivity contribution >= 4 is 11.3 Å². The second-order valence-electron chi connectivity index (χ2n) is 6.53. The lowest BCUT2D eigenvalue weighted by Gasteiger charge is -2.44. The molecule has 3 heterocycles. The van der Waals surface area contributed by atoms with Crippen LogP contribution in [0.4, 0.5) is 0 Å². The van der Waals surface area contributed by atoms with Crippen LogP contribution in [0.25, 0.3) is 0 Å². The molecule has 3 nitrogen and oxygen atoms in total. The largest absolute Gasteiger partial charge is 0.308 e. The standard InChI is InChI=1S/C15H23N3S/c1-16-15(8-10-6-7-11(9-15)18(10)2)14-17-12-4-3-5-13(12)19-14/h10-11,16H,3-9H2,1-2H3. The second kappa shape index (κ2) is 4.27. The number of piperidine rings is 1. The van der Waals surface area contributed by atoms with Gasteiger partial charge < -0.3 is 10.2 Å². The summed E-state index contributed by atoms with van der Waals surface area (Å²) in [5.74, 6) is 0. The van der Waals surface area contributed by atoms with Crippen LogP contribution < -0.4 is 5.32 Å². The summed E-state index contributed by atoms with van der Waals surface area (Å²) in [4.78, 5) is 9.19. The predicted molar refractivity (Wildman–Crippen MR) is 78.7 cm³/mol. The fraction of sp³-hybridized carbons (Fsp3) is 0.800. The van der Waals surface area contributed by atoms with E-state index in [2.05, 4.69) is 24.3 Å². The van der Waals surface area contributed by atoms with Crippen LogP contribution in [0.1, 0.15) is 47.7 Å². The maximum absolute atomic E-state index is 5.02. The molecule has 4 rings (SSSR count). The molecule has 0 aromatic carbocycles. The summed E-state index contributed by atoms with van der Waals surface area (Å²) in [6, 6.07) is 1.51. The van der Waals surface area contributed by atoms with Gasteiger partial charge >= 0.3 is 0 Å². The molecule has 2 fully saturated rings. The van der Waals surface area contributed by atoms with Crippen LogP contribution in [0.3, 0.4) is 0 Å². The average molecular weight is 277 g/mol. The third-order valence-electron chi connectivity index (χ3n) is 5.64. The molecule has 19 heavy (non-hydrogen) atoms. The normalized spacial score (nSPS) is 37.8. The number of hydrogen-bond donors (Lipinski definition) is 1. The van der Waals surface area contributed by atoms with Crippen LogP contribution in [0, 0.1) is 0 Å². The van der Waals surface area contributed by atoms with Crippen LogP contribution in [0.5, 0.6) is 0 Å². The number of rotatable bonds is 2. The lowest BCUT2D eigenvalue weighted by Crippen LogP contribution is -2.53. The molecule has 2 bridgehead atoms. The minimum atomic E-state index is 0.160. The molecule has 4 heteroatoms. The number of nitrogens with one attached hydrogen (secondary N) is 1. The Kier molecular flexibility index (Phi) is 2.77. The Balaban J connectivity index is 1.70. The molecule has 0 saturated carbocycles. The van der Waals surface area contributed by atoms with Gasteiger partial charge in [-0.3, -0.25) is 0 Å². The smallest absolute Gasteiger partial charge is 0.113 e. The molecule has 0 radical (unpaired) electrons. The van der Waals surface area contributed by atoms with Crippen molar-refractivity contribution < 1.29 is 0 Å². The zero-order valence-corrected chi connectivity index (χ0v) is 12.7. The number of fused-ring (bicyclic) bond motifs is 3. The number of hydrogen-bond acceptors (Lipinski definition) is 4. The Morgan fingerprint density at radius 3 is 2.63 bits per heavy atom. The van der Waals surface area contributed by atoms with Crippen LogP contribution in [0.15, 0.2) is 0 Å². The molecule has 0 spiro atoms. The molecule has 1 aromatic heterocycles. The number of aromatic nitrogens is 1. The van der Waals surface area contributed by atoms with E-state index < -0.39 is 0 Å². The number of thiazole rings is 1. The number of aryl methyl sites for hydroxylation is 2. The molecule has 2 atom stereocenters. The monoisotopic (exact) mass is 277 g/mol. The van der Waals surface area contributed by atoms with Gasteiger partial charge in [0.15, 0.2) is 0 Å². The van der Waals surface area contributed by atoms with Crippen molar-refractivity contribution in [3.8, 4) is 0 Å². The molecule has 2 aliphatic heterocycles. The minimum absolute atomic E-state index is 0.160. The average Bonchev–Trinajstić information content (AvgIpc) is 3.03. The van der Waals surface area contributed by atoms with E-state index in [4.69, 9.17) is 4.98 Å². The van der Waals surface area contributed by atoms with Crippen molar-refractivity contribution in [1.82, 2.24) is 15.2 Å². The quantitative estimate of drug-likeness (QED) is 0.899. The van der Waals surface area contributed by atoms with E-state index in [1.54, 1.807) is 4.88 Å². The topological polar surface area (TPSA) is 28.2 Å². The molecule has 1 aliphatic carbocycles. The van der Waals surface area contributed by atoms with Gasteiger partial charge in [0.1, 0.15) is 5.01 Å². The van der Waals surface area contributed by atoms with E-state index in [0.717, 1.165) is 12.1 Å². The van der Waals surface area contributed by atoms with Gasteiger partial charge in [-0.25, -0.2) is 4.98 Å². The highest BCUT2D eigenvalue weighted by molar-refractivity contribution is 7.12. The van der Waals surface area contributed by atoms with Crippen LogP contribution in [0.2, 0.25) is 0 Å². The van der Waals surface area contributed by atoms with Gasteiger partial charge in [-0.05, 0) is 59.0 Å². The Bertz CT molecular complexity index is 460. The van der Waals surface area contributed by atoms with Crippen molar-refractivity contribution in [3.63, 3.8) is 0 Å². The van der Waals surface area contributed by atoms with E-state index in [1.165, 1.54) is 55.6 Å². The lowest BCUT2D eigenvalue weighted by atomic mass is 9.83. The third kappa shape index (κ3) is 1.73. The zero-order chi connectivity index (χ0) is 13.0. The van der Waals surface area contributed by atoms with Crippen LogP contribution >= 0.6 is 11.3 Å². The van der Waals surface area contributed by atoms with Crippen molar-refractivity contribution in [3.05, 3.63) is 15.6 Å². The molecule has 0 amide bonds. The Morgan fingerprint density at radius 2 is 2.00 bits per heavy atom. The maximum atomic E-state index is 5.02. The minimum Gasteiger partial charge on any atom is -0.308 e. The summed E-state index contributed by atoms with van der Waals surface area (Å²) in [5, 5.41) is 5.04. The Morgan fingerprint density at radius 1 is 1.26 bits per heavy atom. The highest BCUT2D eigenvalue weighted by atomic mass is 32.1. The molecule has 1 aromatic rings. The first-order chi connectivity index (χ1) is 9.22. The Hall–Kier alpha value is -0.450. The van der Waals surface area contributed by atoms with E-state index in [0.29, 0.717) is 0 Å². The van der Waals surface area contributed by atoms with Crippen LogP contribution in [-0.2, 0) is 18.4 Å². The van der Waals surface area contributed by atoms with E-state index in [9.17, 15) is 0 Å². The summed E-state index contributed by atoms with van der Waals surface area (Å²) < 4.78 is 0. The maximum Gasteiger partial charge on any atom is 0.113 e. The van der Waals surface area contributed by atoms with Crippen LogP contribution in [-0.4, -0.2) is 36.1 Å².